The van der Waals surface area contributed by atoms with E-state index in [-0.39, 0.29) is 0 Å². The number of fused-ring (bicyclic) bond motifs is 2. The molecule has 0 unspecified atom stereocenters. The van der Waals surface area contributed by atoms with Crippen LogP contribution in [0, 0.1) is 0 Å². The highest BCUT2D eigenvalue weighted by atomic mass is 35.5. The average molecular weight is 329 g/mol. The van der Waals surface area contributed by atoms with Gasteiger partial charge in [-0.3, -0.25) is 0 Å². The molecule has 1 aliphatic heterocycles. The summed E-state index contributed by atoms with van der Waals surface area (Å²) in [6.45, 7) is 0.929. The summed E-state index contributed by atoms with van der Waals surface area (Å²) in [6, 6.07) is 13.7. The molecule has 0 aliphatic carbocycles. The number of hydrogen-bond donors (Lipinski definition) is 1. The first kappa shape index (κ1) is 13.7. The van der Waals surface area contributed by atoms with Gasteiger partial charge in [-0.25, -0.2) is 4.98 Å². The summed E-state index contributed by atoms with van der Waals surface area (Å²) in [4.78, 5) is 5.30. The minimum Gasteiger partial charge on any atom is -0.508 e. The molecule has 1 N–H and O–H groups in total. The lowest BCUT2D eigenvalue weighted by Gasteiger charge is -2.19. The van der Waals surface area contributed by atoms with Crippen molar-refractivity contribution in [3.05, 3.63) is 59.4 Å². The number of phenols is 1. The lowest BCUT2D eigenvalue weighted by Crippen LogP contribution is -2.09. The number of anilines is 1. The minimum atomic E-state index is 0.327. The summed E-state index contributed by atoms with van der Waals surface area (Å²) in [7, 11) is 0. The Hall–Kier alpha value is -1.91. The van der Waals surface area contributed by atoms with Crippen molar-refractivity contribution < 1.29 is 5.11 Å². The van der Waals surface area contributed by atoms with Gasteiger partial charge in [0.1, 0.15) is 10.9 Å². The van der Waals surface area contributed by atoms with Crippen LogP contribution in [-0.2, 0) is 6.42 Å². The third-order valence-electron chi connectivity index (χ3n) is 3.84. The fourth-order valence-corrected chi connectivity index (χ4v) is 4.13. The molecule has 4 rings (SSSR count). The summed E-state index contributed by atoms with van der Waals surface area (Å²) >= 11 is 7.89. The number of pyridine rings is 1. The van der Waals surface area contributed by atoms with Gasteiger partial charge in [0.2, 0.25) is 0 Å². The van der Waals surface area contributed by atoms with Crippen LogP contribution in [0.4, 0.5) is 5.69 Å². The van der Waals surface area contributed by atoms with Crippen molar-refractivity contribution in [3.63, 3.8) is 0 Å². The van der Waals surface area contributed by atoms with Crippen molar-refractivity contribution in [1.82, 2.24) is 4.98 Å². The molecule has 3 aromatic rings. The van der Waals surface area contributed by atoms with E-state index in [1.165, 1.54) is 11.3 Å². The van der Waals surface area contributed by atoms with Crippen LogP contribution in [0.25, 0.3) is 10.8 Å². The fraction of sp³-hybridized carbons (Fsp3) is 0.118. The van der Waals surface area contributed by atoms with E-state index in [2.05, 4.69) is 15.4 Å². The molecule has 0 saturated carbocycles. The van der Waals surface area contributed by atoms with Crippen LogP contribution in [0.2, 0.25) is 5.15 Å². The standard InChI is InChI=1S/C17H13ClN2OS/c18-17-14-2-1-3-16(13(14)6-8-19-17)22-20-9-7-11-10-12(21)4-5-15(11)20/h1-6,8,10,21H,7,9H2. The topological polar surface area (TPSA) is 36.4 Å². The molecule has 110 valence electrons. The molecule has 2 heterocycles. The second-order valence-corrected chi connectivity index (χ2v) is 6.63. The lowest BCUT2D eigenvalue weighted by atomic mass is 10.1. The first-order valence-corrected chi connectivity index (χ1v) is 8.18. The molecule has 1 aliphatic rings. The van der Waals surface area contributed by atoms with Crippen LogP contribution in [0.1, 0.15) is 5.56 Å². The Morgan fingerprint density at radius 1 is 1.14 bits per heavy atom. The molecule has 0 radical (unpaired) electrons. The highest BCUT2D eigenvalue weighted by Gasteiger charge is 2.21. The van der Waals surface area contributed by atoms with Crippen molar-refractivity contribution in [3.8, 4) is 5.75 Å². The zero-order valence-electron chi connectivity index (χ0n) is 11.7. The largest absolute Gasteiger partial charge is 0.508 e. The molecule has 0 amide bonds. The number of halogens is 1. The normalized spacial score (nSPS) is 13.6. The van der Waals surface area contributed by atoms with Gasteiger partial charge in [-0.2, -0.15) is 0 Å². The summed E-state index contributed by atoms with van der Waals surface area (Å²) < 4.78 is 2.26. The van der Waals surface area contributed by atoms with Crippen molar-refractivity contribution in [2.45, 2.75) is 11.3 Å². The maximum Gasteiger partial charge on any atom is 0.136 e. The quantitative estimate of drug-likeness (QED) is 0.548. The molecule has 0 saturated heterocycles. The molecule has 2 aromatic carbocycles. The van der Waals surface area contributed by atoms with Gasteiger partial charge in [0.25, 0.3) is 0 Å². The summed E-state index contributed by atoms with van der Waals surface area (Å²) in [5, 5.41) is 12.2. The molecule has 5 heteroatoms. The smallest absolute Gasteiger partial charge is 0.136 e. The highest BCUT2D eigenvalue weighted by molar-refractivity contribution is 8.00. The lowest BCUT2D eigenvalue weighted by molar-refractivity contribution is 0.475. The molecule has 22 heavy (non-hydrogen) atoms. The van der Waals surface area contributed by atoms with Gasteiger partial charge in [0.05, 0.1) is 5.69 Å². The Kier molecular flexibility index (Phi) is 3.36. The zero-order chi connectivity index (χ0) is 15.1. The van der Waals surface area contributed by atoms with E-state index in [0.717, 1.165) is 28.6 Å². The predicted molar refractivity (Wildman–Crippen MR) is 91.8 cm³/mol. The molecule has 0 atom stereocenters. The monoisotopic (exact) mass is 328 g/mol. The number of aromatic hydroxyl groups is 1. The number of aromatic nitrogens is 1. The average Bonchev–Trinajstić information content (AvgIpc) is 2.90. The molecule has 1 aromatic heterocycles. The number of hydrogen-bond acceptors (Lipinski definition) is 4. The van der Waals surface area contributed by atoms with E-state index in [1.54, 1.807) is 24.2 Å². The maximum atomic E-state index is 9.60. The SMILES string of the molecule is Oc1ccc2c(c1)CCN2Sc1cccc2c(Cl)nccc12. The van der Waals surface area contributed by atoms with Gasteiger partial charge >= 0.3 is 0 Å². The van der Waals surface area contributed by atoms with E-state index in [9.17, 15) is 5.11 Å². The van der Waals surface area contributed by atoms with Crippen molar-refractivity contribution in [2.24, 2.45) is 0 Å². The number of nitrogens with zero attached hydrogens (tertiary/aromatic N) is 2. The van der Waals surface area contributed by atoms with E-state index in [4.69, 9.17) is 11.6 Å². The predicted octanol–water partition coefficient (Wildman–Crippen LogP) is 4.66. The van der Waals surface area contributed by atoms with Gasteiger partial charge in [0, 0.05) is 28.4 Å². The summed E-state index contributed by atoms with van der Waals surface area (Å²) in [5.74, 6) is 0.327. The Bertz CT molecular complexity index is 868. The minimum absolute atomic E-state index is 0.327. The van der Waals surface area contributed by atoms with Gasteiger partial charge < -0.3 is 9.41 Å². The second kappa shape index (κ2) is 5.38. The van der Waals surface area contributed by atoms with E-state index in [1.807, 2.05) is 30.3 Å². The zero-order valence-corrected chi connectivity index (χ0v) is 13.2. The molecule has 0 spiro atoms. The molecule has 3 nitrogen and oxygen atoms in total. The van der Waals surface area contributed by atoms with Crippen LogP contribution < -0.4 is 4.31 Å². The van der Waals surface area contributed by atoms with Crippen molar-refractivity contribution in [1.29, 1.82) is 0 Å². The van der Waals surface area contributed by atoms with Crippen LogP contribution in [0.3, 0.4) is 0 Å². The number of benzene rings is 2. The Balaban J connectivity index is 1.73. The van der Waals surface area contributed by atoms with Crippen LogP contribution in [-0.4, -0.2) is 16.6 Å². The molecular weight excluding hydrogens is 316 g/mol. The van der Waals surface area contributed by atoms with E-state index >= 15 is 0 Å². The third kappa shape index (κ3) is 2.28. The van der Waals surface area contributed by atoms with E-state index < -0.39 is 0 Å². The van der Waals surface area contributed by atoms with Crippen molar-refractivity contribution >= 4 is 40.0 Å². The Morgan fingerprint density at radius 2 is 2.05 bits per heavy atom. The summed E-state index contributed by atoms with van der Waals surface area (Å²) in [5.41, 5.74) is 2.35. The first-order valence-electron chi connectivity index (χ1n) is 7.03. The first-order chi connectivity index (χ1) is 10.7. The van der Waals surface area contributed by atoms with Gasteiger partial charge in [-0.05, 0) is 54.3 Å². The highest BCUT2D eigenvalue weighted by Crippen LogP contribution is 2.40. The Labute approximate surface area is 137 Å². The maximum absolute atomic E-state index is 9.60. The third-order valence-corrected chi connectivity index (χ3v) is 5.30. The van der Waals surface area contributed by atoms with Crippen LogP contribution in [0.15, 0.2) is 53.6 Å². The number of phenolic OH excluding ortho intramolecular Hbond substituents is 1. The van der Waals surface area contributed by atoms with Gasteiger partial charge in [-0.1, -0.05) is 23.7 Å². The summed E-state index contributed by atoms with van der Waals surface area (Å²) in [6.07, 6.45) is 2.69. The second-order valence-electron chi connectivity index (χ2n) is 5.21. The van der Waals surface area contributed by atoms with Crippen molar-refractivity contribution in [2.75, 3.05) is 10.8 Å². The molecule has 0 fully saturated rings. The van der Waals surface area contributed by atoms with Gasteiger partial charge in [0.15, 0.2) is 0 Å². The molecule has 0 bridgehead atoms. The fourth-order valence-electron chi connectivity index (χ4n) is 2.79. The number of rotatable bonds is 2. The van der Waals surface area contributed by atoms with Gasteiger partial charge in [-0.15, -0.1) is 0 Å². The Morgan fingerprint density at radius 3 is 2.95 bits per heavy atom. The molecular formula is C17H13ClN2OS. The van der Waals surface area contributed by atoms with E-state index in [0.29, 0.717) is 10.9 Å². The van der Waals surface area contributed by atoms with Crippen LogP contribution in [0.5, 0.6) is 5.75 Å². The van der Waals surface area contributed by atoms with Crippen LogP contribution >= 0.6 is 23.5 Å².